The number of aromatic nitrogens is 1. The van der Waals surface area contributed by atoms with Crippen molar-refractivity contribution in [2.24, 2.45) is 0 Å². The van der Waals surface area contributed by atoms with Crippen molar-refractivity contribution in [2.75, 3.05) is 51.4 Å². The first-order chi connectivity index (χ1) is 16.1. The molecule has 7 heteroatoms. The highest BCUT2D eigenvalue weighted by molar-refractivity contribution is 5.89. The number of carbonyl (C=O) groups excluding carboxylic acids is 1. The molecule has 2 heterocycles. The number of fused-ring (bicyclic) bond motifs is 1. The standard InChI is InChI=1S/C26H29N3O4/c1-4-16-32-21-9-5-6-10-22(21)33-18-25(30)29-14-12-28(13-15-29)24-17-19(2)20-8-7-11-23(31-3)26(20)27-24/h4-11,17H,1,12-16,18H2,2-3H3. The summed E-state index contributed by atoms with van der Waals surface area (Å²) in [5, 5.41) is 1.08. The first-order valence-corrected chi connectivity index (χ1v) is 11.0. The van der Waals surface area contributed by atoms with Crippen molar-refractivity contribution in [3.8, 4) is 17.2 Å². The van der Waals surface area contributed by atoms with E-state index in [-0.39, 0.29) is 12.5 Å². The van der Waals surface area contributed by atoms with E-state index in [1.165, 1.54) is 0 Å². The number of hydrogen-bond donors (Lipinski definition) is 0. The highest BCUT2D eigenvalue weighted by atomic mass is 16.5. The highest BCUT2D eigenvalue weighted by Crippen LogP contribution is 2.30. The van der Waals surface area contributed by atoms with Gasteiger partial charge in [-0.3, -0.25) is 4.79 Å². The van der Waals surface area contributed by atoms with E-state index in [1.807, 2.05) is 35.2 Å². The SMILES string of the molecule is C=CCOc1ccccc1OCC(=O)N1CCN(c2cc(C)c3cccc(OC)c3n2)CC1. The minimum Gasteiger partial charge on any atom is -0.494 e. The molecule has 0 aliphatic carbocycles. The van der Waals surface area contributed by atoms with Gasteiger partial charge in [-0.05, 0) is 36.8 Å². The first-order valence-electron chi connectivity index (χ1n) is 11.0. The monoisotopic (exact) mass is 447 g/mol. The van der Waals surface area contributed by atoms with Crippen LogP contribution < -0.4 is 19.1 Å². The molecular weight excluding hydrogens is 418 g/mol. The number of nitrogens with zero attached hydrogens (tertiary/aromatic N) is 3. The maximum absolute atomic E-state index is 12.7. The molecule has 1 aliphatic rings. The van der Waals surface area contributed by atoms with Crippen molar-refractivity contribution in [3.63, 3.8) is 0 Å². The third-order valence-electron chi connectivity index (χ3n) is 5.73. The summed E-state index contributed by atoms with van der Waals surface area (Å²) in [4.78, 5) is 21.6. The van der Waals surface area contributed by atoms with E-state index in [0.29, 0.717) is 44.3 Å². The Morgan fingerprint density at radius 3 is 2.42 bits per heavy atom. The van der Waals surface area contributed by atoms with Crippen LogP contribution in [0.1, 0.15) is 5.56 Å². The third kappa shape index (κ3) is 5.03. The van der Waals surface area contributed by atoms with Gasteiger partial charge in [-0.15, -0.1) is 0 Å². The molecule has 1 aromatic heterocycles. The van der Waals surface area contributed by atoms with Gasteiger partial charge in [-0.2, -0.15) is 0 Å². The lowest BCUT2D eigenvalue weighted by Crippen LogP contribution is -2.50. The van der Waals surface area contributed by atoms with Crippen LogP contribution in [0.4, 0.5) is 5.82 Å². The summed E-state index contributed by atoms with van der Waals surface area (Å²) >= 11 is 0. The van der Waals surface area contributed by atoms with E-state index in [1.54, 1.807) is 19.3 Å². The maximum Gasteiger partial charge on any atom is 0.260 e. The second kappa shape index (κ2) is 10.3. The molecular formula is C26H29N3O4. The minimum atomic E-state index is -0.0440. The summed E-state index contributed by atoms with van der Waals surface area (Å²) < 4.78 is 16.9. The van der Waals surface area contributed by atoms with E-state index in [2.05, 4.69) is 30.5 Å². The van der Waals surface area contributed by atoms with Crippen LogP contribution in [0.3, 0.4) is 0 Å². The van der Waals surface area contributed by atoms with Crippen LogP contribution in [0.25, 0.3) is 10.9 Å². The molecule has 1 saturated heterocycles. The van der Waals surface area contributed by atoms with E-state index >= 15 is 0 Å². The van der Waals surface area contributed by atoms with E-state index < -0.39 is 0 Å². The van der Waals surface area contributed by atoms with E-state index in [4.69, 9.17) is 19.2 Å². The molecule has 172 valence electrons. The van der Waals surface area contributed by atoms with Gasteiger partial charge < -0.3 is 24.0 Å². The van der Waals surface area contributed by atoms with Gasteiger partial charge in [0.15, 0.2) is 18.1 Å². The number of methoxy groups -OCH3 is 1. The van der Waals surface area contributed by atoms with Gasteiger partial charge in [0.05, 0.1) is 7.11 Å². The van der Waals surface area contributed by atoms with Crippen molar-refractivity contribution < 1.29 is 19.0 Å². The zero-order chi connectivity index (χ0) is 23.2. The lowest BCUT2D eigenvalue weighted by molar-refractivity contribution is -0.133. The minimum absolute atomic E-state index is 0.0288. The second-order valence-electron chi connectivity index (χ2n) is 7.86. The molecule has 2 aromatic carbocycles. The number of hydrogen-bond acceptors (Lipinski definition) is 6. The largest absolute Gasteiger partial charge is 0.494 e. The Bertz CT molecular complexity index is 1140. The maximum atomic E-state index is 12.7. The van der Waals surface area contributed by atoms with Gasteiger partial charge in [-0.1, -0.05) is 36.9 Å². The Kier molecular flexibility index (Phi) is 6.98. The molecule has 3 aromatic rings. The number of amides is 1. The van der Waals surface area contributed by atoms with Crippen molar-refractivity contribution in [1.82, 2.24) is 9.88 Å². The van der Waals surface area contributed by atoms with E-state index in [0.717, 1.165) is 28.0 Å². The molecule has 0 atom stereocenters. The molecule has 0 radical (unpaired) electrons. The Morgan fingerprint density at radius 1 is 1.03 bits per heavy atom. The van der Waals surface area contributed by atoms with Crippen LogP contribution in [-0.2, 0) is 4.79 Å². The zero-order valence-corrected chi connectivity index (χ0v) is 19.1. The average molecular weight is 448 g/mol. The zero-order valence-electron chi connectivity index (χ0n) is 19.1. The molecule has 7 nitrogen and oxygen atoms in total. The number of anilines is 1. The summed E-state index contributed by atoms with van der Waals surface area (Å²) in [6.45, 7) is 8.73. The smallest absolute Gasteiger partial charge is 0.260 e. The van der Waals surface area contributed by atoms with Crippen molar-refractivity contribution >= 4 is 22.6 Å². The van der Waals surface area contributed by atoms with Crippen LogP contribution in [0.2, 0.25) is 0 Å². The van der Waals surface area contributed by atoms with Crippen LogP contribution in [0.5, 0.6) is 17.2 Å². The van der Waals surface area contributed by atoms with Gasteiger partial charge in [0.25, 0.3) is 5.91 Å². The predicted octanol–water partition coefficient (Wildman–Crippen LogP) is 3.84. The summed E-state index contributed by atoms with van der Waals surface area (Å²) in [7, 11) is 1.66. The number of ether oxygens (including phenoxy) is 3. The Balaban J connectivity index is 1.37. The molecule has 0 unspecified atom stereocenters. The van der Waals surface area contributed by atoms with Gasteiger partial charge in [0, 0.05) is 31.6 Å². The molecule has 4 rings (SSSR count). The van der Waals surface area contributed by atoms with Crippen LogP contribution in [0.15, 0.2) is 61.2 Å². The summed E-state index contributed by atoms with van der Waals surface area (Å²) in [5.41, 5.74) is 2.01. The summed E-state index contributed by atoms with van der Waals surface area (Å²) in [5.74, 6) is 2.78. The Hall–Kier alpha value is -3.74. The molecule has 0 saturated carbocycles. The number of benzene rings is 2. The van der Waals surface area contributed by atoms with Crippen LogP contribution in [0, 0.1) is 6.92 Å². The van der Waals surface area contributed by atoms with Crippen molar-refractivity contribution in [2.45, 2.75) is 6.92 Å². The number of para-hydroxylation sites is 3. The van der Waals surface area contributed by atoms with Gasteiger partial charge in [-0.25, -0.2) is 4.98 Å². The summed E-state index contributed by atoms with van der Waals surface area (Å²) in [6, 6.07) is 15.4. The molecule has 0 spiro atoms. The Morgan fingerprint density at radius 2 is 1.73 bits per heavy atom. The molecule has 0 bridgehead atoms. The number of pyridine rings is 1. The van der Waals surface area contributed by atoms with Crippen LogP contribution >= 0.6 is 0 Å². The van der Waals surface area contributed by atoms with Gasteiger partial charge >= 0.3 is 0 Å². The molecule has 0 N–H and O–H groups in total. The number of aryl methyl sites for hydroxylation is 1. The fourth-order valence-electron chi connectivity index (χ4n) is 3.95. The normalized spacial score (nSPS) is 13.6. The van der Waals surface area contributed by atoms with Gasteiger partial charge in [0.2, 0.25) is 0 Å². The lowest BCUT2D eigenvalue weighted by atomic mass is 10.1. The lowest BCUT2D eigenvalue weighted by Gasteiger charge is -2.35. The molecule has 33 heavy (non-hydrogen) atoms. The average Bonchev–Trinajstić information content (AvgIpc) is 2.86. The first kappa shape index (κ1) is 22.5. The van der Waals surface area contributed by atoms with Crippen molar-refractivity contribution in [3.05, 3.63) is 66.7 Å². The highest BCUT2D eigenvalue weighted by Gasteiger charge is 2.23. The second-order valence-corrected chi connectivity index (χ2v) is 7.86. The quantitative estimate of drug-likeness (QED) is 0.489. The summed E-state index contributed by atoms with van der Waals surface area (Å²) in [6.07, 6.45) is 1.67. The number of piperazine rings is 1. The van der Waals surface area contributed by atoms with Crippen LogP contribution in [-0.4, -0.2) is 62.3 Å². The molecule has 1 aliphatic heterocycles. The van der Waals surface area contributed by atoms with Gasteiger partial charge in [0.1, 0.15) is 23.7 Å². The topological polar surface area (TPSA) is 64.1 Å². The van der Waals surface area contributed by atoms with E-state index in [9.17, 15) is 4.79 Å². The van der Waals surface area contributed by atoms with Crippen molar-refractivity contribution in [1.29, 1.82) is 0 Å². The number of rotatable bonds is 8. The fraction of sp³-hybridized carbons (Fsp3) is 0.308. The third-order valence-corrected chi connectivity index (χ3v) is 5.73. The Labute approximate surface area is 194 Å². The predicted molar refractivity (Wildman–Crippen MR) is 129 cm³/mol. The number of carbonyl (C=O) groups is 1. The fourth-order valence-corrected chi connectivity index (χ4v) is 3.95. The molecule has 1 amide bonds. The molecule has 1 fully saturated rings.